The van der Waals surface area contributed by atoms with Gasteiger partial charge in [0.1, 0.15) is 17.3 Å². The molecule has 0 aliphatic carbocycles. The zero-order chi connectivity index (χ0) is 20.6. The number of benzene rings is 1. The molecule has 0 radical (unpaired) electrons. The number of nitrogens with zero attached hydrogens (tertiary/aromatic N) is 3. The van der Waals surface area contributed by atoms with Crippen molar-refractivity contribution in [1.29, 1.82) is 5.41 Å². The van der Waals surface area contributed by atoms with E-state index in [-0.39, 0.29) is 17.2 Å². The molecule has 0 aliphatic heterocycles. The summed E-state index contributed by atoms with van der Waals surface area (Å²) in [5, 5.41) is 11.2. The first-order valence-corrected chi connectivity index (χ1v) is 8.41. The summed E-state index contributed by atoms with van der Waals surface area (Å²) in [6.45, 7) is 0. The van der Waals surface area contributed by atoms with Crippen molar-refractivity contribution in [2.24, 2.45) is 0 Å². The number of H-pyrrole nitrogens is 1. The third kappa shape index (κ3) is 3.59. The van der Waals surface area contributed by atoms with Crippen molar-refractivity contribution in [3.05, 3.63) is 71.8 Å². The molecule has 5 N–H and O–H groups in total. The molecule has 10 heteroatoms. The molecule has 7 nitrogen and oxygen atoms in total. The SMILES string of the molecule is N=C(c1cccnc1N)c1nc(Nc2ccc3nc[nH]c3c2)ccc1C(F)(F)F. The van der Waals surface area contributed by atoms with Crippen LogP contribution >= 0.6 is 0 Å². The molecule has 0 bridgehead atoms. The Morgan fingerprint density at radius 3 is 2.69 bits per heavy atom. The van der Waals surface area contributed by atoms with Crippen LogP contribution in [0.25, 0.3) is 11.0 Å². The van der Waals surface area contributed by atoms with Gasteiger partial charge in [-0.3, -0.25) is 5.41 Å². The Hall–Kier alpha value is -3.95. The van der Waals surface area contributed by atoms with Gasteiger partial charge in [0.15, 0.2) is 0 Å². The van der Waals surface area contributed by atoms with Gasteiger partial charge in [-0.05, 0) is 42.5 Å². The van der Waals surface area contributed by atoms with Crippen molar-refractivity contribution in [2.45, 2.75) is 6.18 Å². The van der Waals surface area contributed by atoms with Gasteiger partial charge in [0.05, 0.1) is 28.6 Å². The normalized spacial score (nSPS) is 11.6. The second kappa shape index (κ2) is 6.89. The van der Waals surface area contributed by atoms with Crippen LogP contribution in [-0.4, -0.2) is 25.6 Å². The highest BCUT2D eigenvalue weighted by atomic mass is 19.4. The highest BCUT2D eigenvalue weighted by molar-refractivity contribution is 6.13. The summed E-state index contributed by atoms with van der Waals surface area (Å²) in [4.78, 5) is 15.0. The number of aromatic amines is 1. The molecular formula is C19H14F3N7. The molecule has 0 atom stereocenters. The van der Waals surface area contributed by atoms with E-state index >= 15 is 0 Å². The fourth-order valence-electron chi connectivity index (χ4n) is 2.87. The van der Waals surface area contributed by atoms with Gasteiger partial charge in [-0.15, -0.1) is 0 Å². The molecular weight excluding hydrogens is 383 g/mol. The lowest BCUT2D eigenvalue weighted by molar-refractivity contribution is -0.137. The van der Waals surface area contributed by atoms with Crippen molar-refractivity contribution in [1.82, 2.24) is 19.9 Å². The van der Waals surface area contributed by atoms with E-state index in [1.807, 2.05) is 0 Å². The molecule has 0 aliphatic rings. The van der Waals surface area contributed by atoms with Gasteiger partial charge in [0, 0.05) is 17.4 Å². The molecule has 4 rings (SSSR count). The Morgan fingerprint density at radius 1 is 1.10 bits per heavy atom. The van der Waals surface area contributed by atoms with E-state index in [9.17, 15) is 13.2 Å². The molecule has 29 heavy (non-hydrogen) atoms. The Bertz CT molecular complexity index is 1210. The molecule has 0 spiro atoms. The maximum Gasteiger partial charge on any atom is 0.418 e. The van der Waals surface area contributed by atoms with Gasteiger partial charge >= 0.3 is 6.18 Å². The number of hydrogen-bond donors (Lipinski definition) is 4. The van der Waals surface area contributed by atoms with Crippen LogP contribution in [0.1, 0.15) is 16.8 Å². The van der Waals surface area contributed by atoms with E-state index in [2.05, 4.69) is 25.3 Å². The molecule has 0 saturated carbocycles. The zero-order valence-corrected chi connectivity index (χ0v) is 14.7. The van der Waals surface area contributed by atoms with E-state index in [0.29, 0.717) is 5.69 Å². The van der Waals surface area contributed by atoms with Crippen LogP contribution in [0.4, 0.5) is 30.5 Å². The lowest BCUT2D eigenvalue weighted by atomic mass is 10.0. The second-order valence-corrected chi connectivity index (χ2v) is 6.16. The predicted octanol–water partition coefficient (Wildman–Crippen LogP) is 4.11. The average molecular weight is 397 g/mol. The van der Waals surface area contributed by atoms with E-state index < -0.39 is 23.1 Å². The van der Waals surface area contributed by atoms with Gasteiger partial charge in [-0.25, -0.2) is 15.0 Å². The average Bonchev–Trinajstić information content (AvgIpc) is 3.15. The van der Waals surface area contributed by atoms with Crippen LogP contribution in [0, 0.1) is 5.41 Å². The predicted molar refractivity (Wildman–Crippen MR) is 103 cm³/mol. The Labute approximate surface area is 162 Å². The lowest BCUT2D eigenvalue weighted by Gasteiger charge is -2.15. The number of rotatable bonds is 4. The van der Waals surface area contributed by atoms with Crippen molar-refractivity contribution in [3.8, 4) is 0 Å². The largest absolute Gasteiger partial charge is 0.418 e. The van der Waals surface area contributed by atoms with Crippen LogP contribution < -0.4 is 11.1 Å². The second-order valence-electron chi connectivity index (χ2n) is 6.16. The minimum atomic E-state index is -4.68. The number of nitrogens with two attached hydrogens (primary N) is 1. The van der Waals surface area contributed by atoms with Gasteiger partial charge in [0.2, 0.25) is 0 Å². The number of aromatic nitrogens is 4. The Kier molecular flexibility index (Phi) is 4.38. The number of nitrogen functional groups attached to an aromatic ring is 1. The molecule has 0 fully saturated rings. The minimum absolute atomic E-state index is 0.0458. The highest BCUT2D eigenvalue weighted by Gasteiger charge is 2.36. The number of imidazole rings is 1. The molecule has 1 aromatic carbocycles. The van der Waals surface area contributed by atoms with Crippen molar-refractivity contribution >= 4 is 34.1 Å². The van der Waals surface area contributed by atoms with E-state index in [4.69, 9.17) is 11.1 Å². The molecule has 146 valence electrons. The van der Waals surface area contributed by atoms with E-state index in [0.717, 1.165) is 17.1 Å². The summed E-state index contributed by atoms with van der Waals surface area (Å²) in [5.74, 6) is 0.106. The quantitative estimate of drug-likeness (QED) is 0.387. The number of fused-ring (bicyclic) bond motifs is 1. The Morgan fingerprint density at radius 2 is 1.93 bits per heavy atom. The van der Waals surface area contributed by atoms with E-state index in [1.54, 1.807) is 24.5 Å². The summed E-state index contributed by atoms with van der Waals surface area (Å²) in [6, 6.07) is 10.3. The molecule has 4 aromatic rings. The fourth-order valence-corrected chi connectivity index (χ4v) is 2.87. The summed E-state index contributed by atoms with van der Waals surface area (Å²) in [7, 11) is 0. The van der Waals surface area contributed by atoms with Gasteiger partial charge < -0.3 is 16.0 Å². The van der Waals surface area contributed by atoms with Crippen LogP contribution in [0.3, 0.4) is 0 Å². The van der Waals surface area contributed by atoms with Crippen LogP contribution in [0.2, 0.25) is 0 Å². The van der Waals surface area contributed by atoms with Crippen molar-refractivity contribution in [3.63, 3.8) is 0 Å². The molecule has 0 saturated heterocycles. The third-order valence-electron chi connectivity index (χ3n) is 4.24. The Balaban J connectivity index is 1.76. The number of nitrogens with one attached hydrogen (secondary N) is 3. The highest BCUT2D eigenvalue weighted by Crippen LogP contribution is 2.34. The summed E-state index contributed by atoms with van der Waals surface area (Å²) >= 11 is 0. The fraction of sp³-hybridized carbons (Fsp3) is 0.0526. The van der Waals surface area contributed by atoms with Crippen LogP contribution in [0.5, 0.6) is 0 Å². The zero-order valence-electron chi connectivity index (χ0n) is 14.7. The molecule has 3 heterocycles. The number of pyridine rings is 2. The molecule has 3 aromatic heterocycles. The summed E-state index contributed by atoms with van der Waals surface area (Å²) in [5.41, 5.74) is 5.90. The summed E-state index contributed by atoms with van der Waals surface area (Å²) in [6.07, 6.45) is -1.74. The van der Waals surface area contributed by atoms with Crippen LogP contribution in [-0.2, 0) is 6.18 Å². The number of anilines is 3. The topological polar surface area (TPSA) is 116 Å². The lowest BCUT2D eigenvalue weighted by Crippen LogP contribution is -2.17. The van der Waals surface area contributed by atoms with Crippen LogP contribution in [0.15, 0.2) is 55.0 Å². The monoisotopic (exact) mass is 397 g/mol. The third-order valence-corrected chi connectivity index (χ3v) is 4.24. The first kappa shape index (κ1) is 18.4. The first-order valence-electron chi connectivity index (χ1n) is 8.41. The number of alkyl halides is 3. The van der Waals surface area contributed by atoms with Gasteiger partial charge in [-0.1, -0.05) is 0 Å². The van der Waals surface area contributed by atoms with Crippen molar-refractivity contribution in [2.75, 3.05) is 11.1 Å². The van der Waals surface area contributed by atoms with Crippen molar-refractivity contribution < 1.29 is 13.2 Å². The molecule has 0 amide bonds. The maximum atomic E-state index is 13.5. The molecule has 0 unspecified atom stereocenters. The maximum absolute atomic E-state index is 13.5. The number of halogens is 3. The standard InChI is InChI=1S/C19H14F3N7/c20-19(21,22)12-4-6-15(28-10-3-5-13-14(8-10)27-9-26-13)29-17(12)16(23)11-2-1-7-25-18(11)24/h1-9,23H,(H2,24,25)(H,26,27)(H,28,29). The number of hydrogen-bond acceptors (Lipinski definition) is 6. The van der Waals surface area contributed by atoms with Gasteiger partial charge in [0.25, 0.3) is 0 Å². The van der Waals surface area contributed by atoms with Gasteiger partial charge in [-0.2, -0.15) is 13.2 Å². The van der Waals surface area contributed by atoms with E-state index in [1.165, 1.54) is 24.4 Å². The summed E-state index contributed by atoms with van der Waals surface area (Å²) < 4.78 is 40.5. The first-order chi connectivity index (χ1) is 13.8. The minimum Gasteiger partial charge on any atom is -0.383 e. The smallest absolute Gasteiger partial charge is 0.383 e.